The molecule has 0 saturated carbocycles. The third-order valence-electron chi connectivity index (χ3n) is 4.47. The van der Waals surface area contributed by atoms with Crippen LogP contribution in [0.25, 0.3) is 0 Å². The minimum atomic E-state index is -0.333. The van der Waals surface area contributed by atoms with Crippen LogP contribution in [0.5, 0.6) is 0 Å². The van der Waals surface area contributed by atoms with Gasteiger partial charge >= 0.3 is 0 Å². The number of amides is 1. The molecule has 1 aliphatic rings. The van der Waals surface area contributed by atoms with Crippen LogP contribution >= 0.6 is 0 Å². The van der Waals surface area contributed by atoms with Crippen LogP contribution in [0.2, 0.25) is 0 Å². The maximum Gasteiger partial charge on any atom is 0.251 e. The first-order chi connectivity index (χ1) is 11.1. The zero-order valence-corrected chi connectivity index (χ0v) is 13.3. The second-order valence-electron chi connectivity index (χ2n) is 6.02. The predicted molar refractivity (Wildman–Crippen MR) is 87.7 cm³/mol. The third kappa shape index (κ3) is 3.62. The summed E-state index contributed by atoms with van der Waals surface area (Å²) in [6, 6.07) is 9.94. The monoisotopic (exact) mass is 315 g/mol. The van der Waals surface area contributed by atoms with Crippen LogP contribution in [0.4, 0.5) is 4.39 Å². The Morgan fingerprint density at radius 1 is 1.22 bits per heavy atom. The molecule has 4 nitrogen and oxygen atoms in total. The highest BCUT2D eigenvalue weighted by Crippen LogP contribution is 2.24. The van der Waals surface area contributed by atoms with Gasteiger partial charge in [-0.3, -0.25) is 9.69 Å². The summed E-state index contributed by atoms with van der Waals surface area (Å²) in [6.07, 6.45) is 4.43. The van der Waals surface area contributed by atoms with Gasteiger partial charge in [0.1, 0.15) is 5.82 Å². The number of carbonyl (C=O) groups excluding carboxylic acids is 1. The Morgan fingerprint density at radius 2 is 1.91 bits per heavy atom. The summed E-state index contributed by atoms with van der Waals surface area (Å²) in [5.41, 5.74) is 1.68. The molecule has 0 radical (unpaired) electrons. The van der Waals surface area contributed by atoms with E-state index in [-0.39, 0.29) is 17.8 Å². The van der Waals surface area contributed by atoms with E-state index in [9.17, 15) is 9.18 Å². The van der Waals surface area contributed by atoms with Crippen LogP contribution in [0, 0.1) is 5.82 Å². The highest BCUT2D eigenvalue weighted by atomic mass is 19.1. The lowest BCUT2D eigenvalue weighted by Gasteiger charge is -2.28. The quantitative estimate of drug-likeness (QED) is 0.921. The molecule has 0 aliphatic carbocycles. The lowest BCUT2D eigenvalue weighted by Crippen LogP contribution is -2.37. The molecule has 1 fully saturated rings. The normalized spacial score (nSPS) is 16.4. The van der Waals surface area contributed by atoms with Crippen LogP contribution in [0.3, 0.4) is 0 Å². The summed E-state index contributed by atoms with van der Waals surface area (Å²) < 4.78 is 15.1. The molecule has 1 aliphatic heterocycles. The number of halogens is 1. The molecular weight excluding hydrogens is 293 g/mol. The molecule has 2 heterocycles. The van der Waals surface area contributed by atoms with E-state index in [0.29, 0.717) is 12.1 Å². The van der Waals surface area contributed by atoms with E-state index < -0.39 is 0 Å². The first kappa shape index (κ1) is 15.7. The second kappa shape index (κ2) is 6.96. The van der Waals surface area contributed by atoms with Crippen LogP contribution in [0.15, 0.2) is 42.6 Å². The SMILES string of the molecule is Cn1cccc1[C@@H](CNC(=O)c1ccc(F)cc1)N1CCCC1. The molecule has 1 aromatic carbocycles. The van der Waals surface area contributed by atoms with Crippen molar-refractivity contribution in [3.8, 4) is 0 Å². The number of nitrogens with one attached hydrogen (secondary N) is 1. The number of hydrogen-bond acceptors (Lipinski definition) is 2. The average molecular weight is 315 g/mol. The van der Waals surface area contributed by atoms with Crippen molar-refractivity contribution in [3.63, 3.8) is 0 Å². The van der Waals surface area contributed by atoms with Gasteiger partial charge in [0.25, 0.3) is 5.91 Å². The Hall–Kier alpha value is -2.14. The van der Waals surface area contributed by atoms with E-state index in [4.69, 9.17) is 0 Å². The molecule has 5 heteroatoms. The van der Waals surface area contributed by atoms with Crippen molar-refractivity contribution in [1.29, 1.82) is 0 Å². The topological polar surface area (TPSA) is 37.3 Å². The second-order valence-corrected chi connectivity index (χ2v) is 6.02. The van der Waals surface area contributed by atoms with Gasteiger partial charge in [-0.25, -0.2) is 4.39 Å². The van der Waals surface area contributed by atoms with Crippen molar-refractivity contribution in [2.75, 3.05) is 19.6 Å². The maximum absolute atomic E-state index is 13.0. The summed E-state index contributed by atoms with van der Waals surface area (Å²) in [7, 11) is 2.03. The molecule has 1 amide bonds. The van der Waals surface area contributed by atoms with E-state index in [2.05, 4.69) is 20.9 Å². The molecule has 3 rings (SSSR count). The Kier molecular flexibility index (Phi) is 4.76. The predicted octanol–water partition coefficient (Wildman–Crippen LogP) is 2.73. The zero-order chi connectivity index (χ0) is 16.2. The van der Waals surface area contributed by atoms with E-state index in [0.717, 1.165) is 13.1 Å². The molecule has 23 heavy (non-hydrogen) atoms. The Bertz CT molecular complexity index is 659. The fourth-order valence-corrected chi connectivity index (χ4v) is 3.19. The minimum Gasteiger partial charge on any atom is -0.353 e. The number of likely N-dealkylation sites (tertiary alicyclic amines) is 1. The molecule has 0 spiro atoms. The lowest BCUT2D eigenvalue weighted by molar-refractivity contribution is 0.0936. The van der Waals surface area contributed by atoms with Crippen molar-refractivity contribution in [1.82, 2.24) is 14.8 Å². The van der Waals surface area contributed by atoms with Crippen molar-refractivity contribution < 1.29 is 9.18 Å². The van der Waals surface area contributed by atoms with Gasteiger partial charge in [-0.15, -0.1) is 0 Å². The van der Waals surface area contributed by atoms with E-state index in [1.165, 1.54) is 42.8 Å². The first-order valence-corrected chi connectivity index (χ1v) is 8.04. The standard InChI is InChI=1S/C18H22FN3O/c1-21-10-4-5-16(21)17(22-11-2-3-12-22)13-20-18(23)14-6-8-15(19)9-7-14/h4-10,17H,2-3,11-13H2,1H3,(H,20,23)/t17-/m1/s1. The molecule has 122 valence electrons. The molecule has 1 atom stereocenters. The summed E-state index contributed by atoms with van der Waals surface area (Å²) in [5, 5.41) is 2.99. The van der Waals surface area contributed by atoms with Crippen molar-refractivity contribution in [2.45, 2.75) is 18.9 Å². The number of hydrogen-bond donors (Lipinski definition) is 1. The summed E-state index contributed by atoms with van der Waals surface area (Å²) in [6.45, 7) is 2.67. The smallest absolute Gasteiger partial charge is 0.251 e. The number of carbonyl (C=O) groups is 1. The van der Waals surface area contributed by atoms with Crippen LogP contribution < -0.4 is 5.32 Å². The maximum atomic E-state index is 13.0. The first-order valence-electron chi connectivity index (χ1n) is 8.04. The molecule has 1 N–H and O–H groups in total. The molecule has 1 aromatic heterocycles. The van der Waals surface area contributed by atoms with Gasteiger partial charge in [0, 0.05) is 31.0 Å². The van der Waals surface area contributed by atoms with Gasteiger partial charge in [0.2, 0.25) is 0 Å². The van der Waals surface area contributed by atoms with Gasteiger partial charge in [-0.2, -0.15) is 0 Å². The number of aryl methyl sites for hydroxylation is 1. The number of aromatic nitrogens is 1. The largest absolute Gasteiger partial charge is 0.353 e. The zero-order valence-electron chi connectivity index (χ0n) is 13.3. The summed E-state index contributed by atoms with van der Waals surface area (Å²) in [5.74, 6) is -0.497. The fourth-order valence-electron chi connectivity index (χ4n) is 3.19. The van der Waals surface area contributed by atoms with Gasteiger partial charge < -0.3 is 9.88 Å². The van der Waals surface area contributed by atoms with E-state index in [1.54, 1.807) is 0 Å². The van der Waals surface area contributed by atoms with E-state index in [1.807, 2.05) is 19.3 Å². The Balaban J connectivity index is 1.70. The number of benzene rings is 1. The van der Waals surface area contributed by atoms with Gasteiger partial charge in [0.15, 0.2) is 0 Å². The van der Waals surface area contributed by atoms with Crippen LogP contribution in [0.1, 0.15) is 34.9 Å². The van der Waals surface area contributed by atoms with Gasteiger partial charge in [-0.05, 0) is 62.3 Å². The molecule has 2 aromatic rings. The third-order valence-corrected chi connectivity index (χ3v) is 4.47. The van der Waals surface area contributed by atoms with E-state index >= 15 is 0 Å². The number of nitrogens with zero attached hydrogens (tertiary/aromatic N) is 2. The Labute approximate surface area is 135 Å². The van der Waals surface area contributed by atoms with Crippen molar-refractivity contribution >= 4 is 5.91 Å². The van der Waals surface area contributed by atoms with Crippen molar-refractivity contribution in [3.05, 3.63) is 59.7 Å². The highest BCUT2D eigenvalue weighted by molar-refractivity contribution is 5.94. The van der Waals surface area contributed by atoms with Gasteiger partial charge in [0.05, 0.1) is 6.04 Å². The molecular formula is C18H22FN3O. The van der Waals surface area contributed by atoms with Crippen LogP contribution in [-0.2, 0) is 7.05 Å². The molecule has 0 unspecified atom stereocenters. The average Bonchev–Trinajstić information content (AvgIpc) is 3.21. The highest BCUT2D eigenvalue weighted by Gasteiger charge is 2.25. The molecule has 0 bridgehead atoms. The Morgan fingerprint density at radius 3 is 2.52 bits per heavy atom. The van der Waals surface area contributed by atoms with Gasteiger partial charge in [-0.1, -0.05) is 0 Å². The van der Waals surface area contributed by atoms with Crippen LogP contribution in [-0.4, -0.2) is 35.0 Å². The fraction of sp³-hybridized carbons (Fsp3) is 0.389. The number of rotatable bonds is 5. The minimum absolute atomic E-state index is 0.164. The summed E-state index contributed by atoms with van der Waals surface area (Å²) >= 11 is 0. The summed E-state index contributed by atoms with van der Waals surface area (Å²) in [4.78, 5) is 14.7. The lowest BCUT2D eigenvalue weighted by atomic mass is 10.1. The molecule has 1 saturated heterocycles. The van der Waals surface area contributed by atoms with Crippen molar-refractivity contribution in [2.24, 2.45) is 7.05 Å².